The highest BCUT2D eigenvalue weighted by atomic mass is 32.2. The van der Waals surface area contributed by atoms with Crippen molar-refractivity contribution in [1.82, 2.24) is 10.3 Å². The number of pyridine rings is 1. The van der Waals surface area contributed by atoms with Crippen LogP contribution < -0.4 is 5.32 Å². The van der Waals surface area contributed by atoms with Crippen LogP contribution in [0.2, 0.25) is 0 Å². The van der Waals surface area contributed by atoms with Gasteiger partial charge >= 0.3 is 5.97 Å². The molecule has 0 aliphatic heterocycles. The average molecular weight is 317 g/mol. The van der Waals surface area contributed by atoms with Gasteiger partial charge in [-0.15, -0.1) is 0 Å². The van der Waals surface area contributed by atoms with Crippen LogP contribution >= 0.6 is 24.4 Å². The second kappa shape index (κ2) is 6.57. The normalized spacial score (nSPS) is 14.9. The Morgan fingerprint density at radius 3 is 2.65 bits per heavy atom. The Labute approximate surface area is 123 Å². The van der Waals surface area contributed by atoms with Gasteiger partial charge < -0.3 is 10.4 Å². The minimum Gasteiger partial charge on any atom is -0.479 e. The Kier molecular flexibility index (Phi) is 5.34. The molecular formula is C10H11N3O5S2. The summed E-state index contributed by atoms with van der Waals surface area (Å²) < 4.78 is 0. The van der Waals surface area contributed by atoms with Gasteiger partial charge in [-0.05, 0) is 12.1 Å². The van der Waals surface area contributed by atoms with E-state index in [1.807, 2.05) is 0 Å². The second-order valence-electron chi connectivity index (χ2n) is 3.65. The molecule has 10 heteroatoms. The second-order valence-corrected chi connectivity index (χ2v) is 5.41. The van der Waals surface area contributed by atoms with Crippen molar-refractivity contribution in [2.45, 2.75) is 22.2 Å². The molecule has 0 aromatic carbocycles. The molecule has 1 heterocycles. The first-order valence-corrected chi connectivity index (χ1v) is 6.56. The molecule has 2 unspecified atom stereocenters. The van der Waals surface area contributed by atoms with Crippen LogP contribution in [0.25, 0.3) is 0 Å². The Morgan fingerprint density at radius 1 is 1.60 bits per heavy atom. The number of nitrogens with zero attached hydrogens (tertiary/aromatic N) is 2. The predicted molar refractivity (Wildman–Crippen MR) is 74.0 cm³/mol. The Balaban J connectivity index is 3.26. The van der Waals surface area contributed by atoms with Crippen molar-refractivity contribution < 1.29 is 19.6 Å². The van der Waals surface area contributed by atoms with Crippen molar-refractivity contribution in [2.24, 2.45) is 0 Å². The van der Waals surface area contributed by atoms with Gasteiger partial charge in [0.1, 0.15) is 0 Å². The maximum absolute atomic E-state index is 11.5. The molecule has 0 saturated heterocycles. The summed E-state index contributed by atoms with van der Waals surface area (Å²) in [6, 6.07) is 4.68. The van der Waals surface area contributed by atoms with Crippen LogP contribution in [0, 0.1) is 10.1 Å². The van der Waals surface area contributed by atoms with Crippen LogP contribution in [0.5, 0.6) is 0 Å². The molecule has 0 bridgehead atoms. The maximum Gasteiger partial charge on any atom is 0.348 e. The first-order valence-electron chi connectivity index (χ1n) is 5.23. The number of thiol groups is 1. The van der Waals surface area contributed by atoms with Crippen LogP contribution in [-0.4, -0.2) is 37.1 Å². The van der Waals surface area contributed by atoms with Crippen LogP contribution in [-0.2, 0) is 9.59 Å². The van der Waals surface area contributed by atoms with E-state index in [1.54, 1.807) is 12.1 Å². The molecular weight excluding hydrogens is 306 g/mol. The first-order chi connectivity index (χ1) is 9.29. The van der Waals surface area contributed by atoms with Crippen molar-refractivity contribution >= 4 is 36.3 Å². The average Bonchev–Trinajstić information content (AvgIpc) is 2.37. The van der Waals surface area contributed by atoms with Gasteiger partial charge in [0.05, 0.1) is 5.03 Å². The quantitative estimate of drug-likeness (QED) is 0.231. The zero-order chi connectivity index (χ0) is 15.3. The number of aromatic nitrogens is 1. The summed E-state index contributed by atoms with van der Waals surface area (Å²) in [5, 5.41) is 20.7. The van der Waals surface area contributed by atoms with Crippen molar-refractivity contribution in [2.75, 3.05) is 0 Å². The number of aliphatic carboxylic acids is 1. The smallest absolute Gasteiger partial charge is 0.348 e. The third kappa shape index (κ3) is 3.61. The topological polar surface area (TPSA) is 122 Å². The molecule has 8 nitrogen and oxygen atoms in total. The summed E-state index contributed by atoms with van der Waals surface area (Å²) in [7, 11) is 0. The fraction of sp³-hybridized carbons (Fsp3) is 0.300. The van der Waals surface area contributed by atoms with Crippen molar-refractivity contribution in [3.8, 4) is 0 Å². The molecule has 1 amide bonds. The number of nitrogens with one attached hydrogen (secondary N) is 1. The minimum absolute atomic E-state index is 0.213. The summed E-state index contributed by atoms with van der Waals surface area (Å²) in [6.07, 6.45) is 1.41. The van der Waals surface area contributed by atoms with E-state index in [4.69, 9.17) is 0 Å². The molecule has 1 aromatic heterocycles. The molecule has 108 valence electrons. The fourth-order valence-electron chi connectivity index (χ4n) is 1.33. The van der Waals surface area contributed by atoms with Gasteiger partial charge in [-0.2, -0.15) is 0 Å². The zero-order valence-corrected chi connectivity index (χ0v) is 11.9. The summed E-state index contributed by atoms with van der Waals surface area (Å²) in [5.74, 6) is -2.31. The molecule has 0 spiro atoms. The number of carbonyl (C=O) groups excluding carboxylic acids is 1. The maximum atomic E-state index is 11.5. The summed E-state index contributed by atoms with van der Waals surface area (Å²) in [4.78, 5) is 34.4. The van der Waals surface area contributed by atoms with Crippen molar-refractivity contribution in [3.63, 3.8) is 0 Å². The Hall–Kier alpha value is -1.81. The molecule has 0 aliphatic rings. The lowest BCUT2D eigenvalue weighted by molar-refractivity contribution is -0.498. The van der Waals surface area contributed by atoms with E-state index in [0.29, 0.717) is 11.8 Å². The number of carbonyl (C=O) groups is 2. The van der Waals surface area contributed by atoms with E-state index in [2.05, 4.69) is 22.9 Å². The lowest BCUT2D eigenvalue weighted by Crippen LogP contribution is -2.59. The van der Waals surface area contributed by atoms with E-state index in [-0.39, 0.29) is 5.03 Å². The number of thioether (sulfide) groups is 1. The van der Waals surface area contributed by atoms with Crippen molar-refractivity contribution in [3.05, 3.63) is 34.5 Å². The molecule has 0 aliphatic carbocycles. The zero-order valence-electron chi connectivity index (χ0n) is 10.2. The molecule has 0 saturated carbocycles. The summed E-state index contributed by atoms with van der Waals surface area (Å²) >= 11 is 4.26. The van der Waals surface area contributed by atoms with Gasteiger partial charge in [-0.1, -0.05) is 30.5 Å². The predicted octanol–water partition coefficient (Wildman–Crippen LogP) is 0.623. The number of nitro groups is 1. The highest BCUT2D eigenvalue weighted by Gasteiger charge is 2.54. The van der Waals surface area contributed by atoms with Gasteiger partial charge in [0, 0.05) is 18.0 Å². The number of amides is 1. The van der Waals surface area contributed by atoms with E-state index in [1.165, 1.54) is 12.3 Å². The van der Waals surface area contributed by atoms with Gasteiger partial charge in [-0.3, -0.25) is 14.9 Å². The minimum atomic E-state index is -2.26. The number of carboxylic acid groups (broad SMARTS) is 1. The molecule has 2 N–H and O–H groups in total. The van der Waals surface area contributed by atoms with E-state index < -0.39 is 27.0 Å². The summed E-state index contributed by atoms with van der Waals surface area (Å²) in [6.45, 7) is 1.07. The molecule has 0 fully saturated rings. The first kappa shape index (κ1) is 16.2. The number of hydrogen-bond donors (Lipinski definition) is 3. The molecule has 0 radical (unpaired) electrons. The van der Waals surface area contributed by atoms with Gasteiger partial charge in [0.15, 0.2) is 0 Å². The number of carboxylic acids is 1. The van der Waals surface area contributed by atoms with E-state index in [9.17, 15) is 24.8 Å². The van der Waals surface area contributed by atoms with E-state index in [0.717, 1.165) is 6.92 Å². The molecule has 1 aromatic rings. The highest BCUT2D eigenvalue weighted by molar-refractivity contribution is 8.02. The number of hydrogen-bond acceptors (Lipinski definition) is 7. The Morgan fingerprint density at radius 2 is 2.25 bits per heavy atom. The SMILES string of the molecule is CC(=O)NC(Sc1ccccn1)(C(=O)O)C(S)[N+](=O)[O-]. The van der Waals surface area contributed by atoms with Gasteiger partial charge in [-0.25, -0.2) is 9.78 Å². The van der Waals surface area contributed by atoms with Crippen LogP contribution in [0.4, 0.5) is 0 Å². The number of rotatable bonds is 6. The van der Waals surface area contributed by atoms with Crippen LogP contribution in [0.1, 0.15) is 6.92 Å². The van der Waals surface area contributed by atoms with Gasteiger partial charge in [0.25, 0.3) is 10.2 Å². The molecule has 1 rings (SSSR count). The van der Waals surface area contributed by atoms with Gasteiger partial charge in [0.2, 0.25) is 5.91 Å². The summed E-state index contributed by atoms with van der Waals surface area (Å²) in [5.41, 5.74) is 0. The monoisotopic (exact) mass is 317 g/mol. The standard InChI is InChI=1S/C10H11N3O5S2/c1-6(14)12-10(9(15)16,8(19)13(17)18)20-7-4-2-3-5-11-7/h2-5,8,19H,1H3,(H,12,14)(H,15,16). The van der Waals surface area contributed by atoms with E-state index >= 15 is 0 Å². The molecule has 20 heavy (non-hydrogen) atoms. The van der Waals surface area contributed by atoms with Crippen LogP contribution in [0.3, 0.4) is 0 Å². The lowest BCUT2D eigenvalue weighted by atomic mass is 10.2. The fourth-order valence-corrected chi connectivity index (χ4v) is 2.73. The largest absolute Gasteiger partial charge is 0.479 e. The lowest BCUT2D eigenvalue weighted by Gasteiger charge is -2.28. The highest BCUT2D eigenvalue weighted by Crippen LogP contribution is 2.35. The Bertz CT molecular complexity index is 527. The van der Waals surface area contributed by atoms with Crippen molar-refractivity contribution in [1.29, 1.82) is 0 Å². The molecule has 2 atom stereocenters. The third-order valence-corrected chi connectivity index (χ3v) is 4.17. The third-order valence-electron chi connectivity index (χ3n) is 2.15. The van der Waals surface area contributed by atoms with Crippen LogP contribution in [0.15, 0.2) is 29.4 Å².